The fourth-order valence-corrected chi connectivity index (χ4v) is 9.35. The van der Waals surface area contributed by atoms with E-state index in [1.165, 1.54) is 13.1 Å². The summed E-state index contributed by atoms with van der Waals surface area (Å²) in [4.78, 5) is 31.1. The summed E-state index contributed by atoms with van der Waals surface area (Å²) in [6.07, 6.45) is -2.14. The molecular formula is C46H55N4O10PS. The number of methoxy groups -OCH3 is 2. The van der Waals surface area contributed by atoms with Crippen LogP contribution in [0.4, 0.5) is 5.82 Å². The van der Waals surface area contributed by atoms with Gasteiger partial charge >= 0.3 is 13.4 Å². The van der Waals surface area contributed by atoms with Crippen molar-refractivity contribution in [2.24, 2.45) is 5.41 Å². The maximum Gasteiger partial charge on any atom is 0.405 e. The minimum absolute atomic E-state index is 0.00844. The lowest BCUT2D eigenvalue weighted by Gasteiger charge is -2.37. The lowest BCUT2D eigenvalue weighted by molar-refractivity contribution is -0.118. The number of anilines is 1. The molecule has 5 aromatic rings. The number of nitrogens with zero attached hydrogens (tertiary/aromatic N) is 2. The molecule has 1 saturated heterocycles. The average Bonchev–Trinajstić information content (AvgIpc) is 3.52. The van der Waals surface area contributed by atoms with Crippen molar-refractivity contribution in [1.82, 2.24) is 14.6 Å². The average molecular weight is 887 g/mol. The predicted molar refractivity (Wildman–Crippen MR) is 239 cm³/mol. The Morgan fingerprint density at radius 3 is 2.00 bits per heavy atom. The van der Waals surface area contributed by atoms with Gasteiger partial charge in [0.1, 0.15) is 40.7 Å². The minimum Gasteiger partial charge on any atom is -0.497 e. The zero-order chi connectivity index (χ0) is 44.5. The van der Waals surface area contributed by atoms with E-state index in [0.717, 1.165) is 38.6 Å². The number of aliphatic hydroxyl groups excluding tert-OH is 1. The third-order valence-corrected chi connectivity index (χ3v) is 13.9. The van der Waals surface area contributed by atoms with Gasteiger partial charge in [0.05, 0.1) is 27.4 Å². The third-order valence-electron chi connectivity index (χ3n) is 11.1. The number of ether oxygens (including phenoxy) is 3. The van der Waals surface area contributed by atoms with Crippen LogP contribution in [-0.4, -0.2) is 75.9 Å². The number of carbonyl (C=O) groups excluding carboxylic acids is 1. The SMILES string of the molecule is CCC(C)(C)C(=O)SCCOP(=O)(NCc1ccccc1)OC[C@H]1OC(n2ccc(NC(c3ccccc3)(c3ccc(OC)cc3)c3ccc(OC)cc3)nc2=O)[C@](C)(O)[C@@H]1O. The van der Waals surface area contributed by atoms with Gasteiger partial charge in [-0.1, -0.05) is 117 Å². The summed E-state index contributed by atoms with van der Waals surface area (Å²) >= 11 is 1.09. The number of carbonyl (C=O) groups is 1. The second-order valence-corrected chi connectivity index (χ2v) is 18.6. The molecule has 14 nitrogen and oxygen atoms in total. The molecule has 0 amide bonds. The zero-order valence-electron chi connectivity index (χ0n) is 35.7. The number of nitrogens with one attached hydrogen (secondary N) is 2. The maximum absolute atomic E-state index is 14.1. The molecule has 0 bridgehead atoms. The largest absolute Gasteiger partial charge is 0.497 e. The quantitative estimate of drug-likeness (QED) is 0.0348. The van der Waals surface area contributed by atoms with Gasteiger partial charge in [-0.05, 0) is 65.9 Å². The van der Waals surface area contributed by atoms with Crippen LogP contribution in [0.2, 0.25) is 0 Å². The molecule has 0 spiro atoms. The van der Waals surface area contributed by atoms with E-state index >= 15 is 0 Å². The highest BCUT2D eigenvalue weighted by atomic mass is 32.2. The Hall–Kier alpha value is -4.83. The smallest absolute Gasteiger partial charge is 0.405 e. The van der Waals surface area contributed by atoms with Crippen molar-refractivity contribution in [3.63, 3.8) is 0 Å². The summed E-state index contributed by atoms with van der Waals surface area (Å²) in [6, 6.07) is 35.7. The normalized spacial score (nSPS) is 20.0. The van der Waals surface area contributed by atoms with Crippen molar-refractivity contribution in [3.05, 3.63) is 154 Å². The number of benzene rings is 4. The molecule has 1 aliphatic rings. The molecule has 4 aromatic carbocycles. The van der Waals surface area contributed by atoms with Crippen molar-refractivity contribution in [2.75, 3.05) is 38.5 Å². The van der Waals surface area contributed by atoms with E-state index in [2.05, 4.69) is 15.4 Å². The number of thioether (sulfide) groups is 1. The molecule has 5 atom stereocenters. The van der Waals surface area contributed by atoms with Gasteiger partial charge in [-0.3, -0.25) is 18.4 Å². The first-order valence-corrected chi connectivity index (χ1v) is 22.8. The van der Waals surface area contributed by atoms with Gasteiger partial charge in [-0.2, -0.15) is 4.98 Å². The van der Waals surface area contributed by atoms with E-state index in [4.69, 9.17) is 23.3 Å². The second-order valence-electron chi connectivity index (χ2n) is 15.7. The van der Waals surface area contributed by atoms with Crippen molar-refractivity contribution >= 4 is 30.4 Å². The first-order chi connectivity index (χ1) is 29.7. The van der Waals surface area contributed by atoms with Gasteiger partial charge in [0.15, 0.2) is 11.3 Å². The van der Waals surface area contributed by atoms with Crippen LogP contribution in [0.1, 0.15) is 62.6 Å². The highest BCUT2D eigenvalue weighted by molar-refractivity contribution is 8.13. The first-order valence-electron chi connectivity index (χ1n) is 20.3. The number of aromatic nitrogens is 2. The molecule has 1 aliphatic heterocycles. The Labute approximate surface area is 366 Å². The van der Waals surface area contributed by atoms with Gasteiger partial charge in [0.25, 0.3) is 0 Å². The number of hydrogen-bond acceptors (Lipinski definition) is 13. The van der Waals surface area contributed by atoms with E-state index in [1.54, 1.807) is 20.3 Å². The number of rotatable bonds is 20. The number of aliphatic hydroxyl groups is 2. The Morgan fingerprint density at radius 2 is 1.45 bits per heavy atom. The Kier molecular flexibility index (Phi) is 15.1. The Bertz CT molecular complexity index is 2300. The molecule has 6 rings (SSSR count). The van der Waals surface area contributed by atoms with Crippen LogP contribution in [0.15, 0.2) is 126 Å². The molecule has 330 valence electrons. The van der Waals surface area contributed by atoms with Gasteiger partial charge in [-0.25, -0.2) is 14.4 Å². The molecular weight excluding hydrogens is 832 g/mol. The molecule has 0 saturated carbocycles. The van der Waals surface area contributed by atoms with Gasteiger partial charge in [0, 0.05) is 23.9 Å². The molecule has 1 aromatic heterocycles. The van der Waals surface area contributed by atoms with Crippen LogP contribution in [0.3, 0.4) is 0 Å². The molecule has 4 N–H and O–H groups in total. The highest BCUT2D eigenvalue weighted by Crippen LogP contribution is 2.47. The van der Waals surface area contributed by atoms with Gasteiger partial charge in [-0.15, -0.1) is 0 Å². The van der Waals surface area contributed by atoms with E-state index < -0.39 is 55.0 Å². The summed E-state index contributed by atoms with van der Waals surface area (Å²) in [5, 5.41) is 29.4. The molecule has 16 heteroatoms. The maximum atomic E-state index is 14.1. The monoisotopic (exact) mass is 886 g/mol. The van der Waals surface area contributed by atoms with E-state index in [1.807, 2.05) is 130 Å². The molecule has 0 radical (unpaired) electrons. The van der Waals surface area contributed by atoms with Gasteiger partial charge < -0.3 is 29.7 Å². The topological polar surface area (TPSA) is 180 Å². The Balaban J connectivity index is 1.24. The van der Waals surface area contributed by atoms with Crippen LogP contribution >= 0.6 is 19.5 Å². The van der Waals surface area contributed by atoms with Crippen molar-refractivity contribution in [3.8, 4) is 11.5 Å². The van der Waals surface area contributed by atoms with Crippen LogP contribution in [-0.2, 0) is 35.2 Å². The van der Waals surface area contributed by atoms with Crippen LogP contribution in [0.25, 0.3) is 0 Å². The van der Waals surface area contributed by atoms with Crippen LogP contribution < -0.4 is 25.6 Å². The summed E-state index contributed by atoms with van der Waals surface area (Å²) < 4.78 is 43.8. The minimum atomic E-state index is -4.08. The zero-order valence-corrected chi connectivity index (χ0v) is 37.4. The van der Waals surface area contributed by atoms with E-state index in [0.29, 0.717) is 17.9 Å². The van der Waals surface area contributed by atoms with Crippen molar-refractivity contribution in [1.29, 1.82) is 0 Å². The lowest BCUT2D eigenvalue weighted by atomic mass is 9.77. The van der Waals surface area contributed by atoms with E-state index in [-0.39, 0.29) is 29.8 Å². The van der Waals surface area contributed by atoms with E-state index in [9.17, 15) is 24.4 Å². The molecule has 1 fully saturated rings. The molecule has 2 heterocycles. The van der Waals surface area contributed by atoms with Crippen molar-refractivity contribution in [2.45, 2.75) is 70.2 Å². The summed E-state index contributed by atoms with van der Waals surface area (Å²) in [5.74, 6) is 1.77. The van der Waals surface area contributed by atoms with Gasteiger partial charge in [0.2, 0.25) is 0 Å². The summed E-state index contributed by atoms with van der Waals surface area (Å²) in [5.41, 5.74) is -1.09. The standard InChI is InChI=1S/C46H55N4O10PS/c1-7-44(2,3)42(52)62-29-28-58-61(55,47-30-32-14-10-8-11-15-32)59-31-38-40(51)45(4,54)41(60-38)50-27-26-39(48-43(50)53)49-46(33-16-12-9-13-17-33,34-18-22-36(56-5)23-19-34)35-20-24-37(57-6)25-21-35/h8-27,38,40-41,51,54H,7,28-31H2,1-6H3,(H,47,55)(H,48,49,53)/t38-,40-,41?,45-,61?/m1/s1. The Morgan fingerprint density at radius 1 is 0.887 bits per heavy atom. The molecule has 0 aliphatic carbocycles. The fourth-order valence-electron chi connectivity index (χ4n) is 7.03. The summed E-state index contributed by atoms with van der Waals surface area (Å²) in [7, 11) is -0.885. The first kappa shape index (κ1) is 46.7. The third kappa shape index (κ3) is 10.5. The molecule has 62 heavy (non-hydrogen) atoms. The molecule has 2 unspecified atom stereocenters. The van der Waals surface area contributed by atoms with Crippen LogP contribution in [0, 0.1) is 5.41 Å². The summed E-state index contributed by atoms with van der Waals surface area (Å²) in [6.45, 7) is 6.59. The highest BCUT2D eigenvalue weighted by Gasteiger charge is 2.54. The fraction of sp³-hybridized carbons (Fsp3) is 0.370. The predicted octanol–water partition coefficient (Wildman–Crippen LogP) is 7.30. The lowest BCUT2D eigenvalue weighted by Crippen LogP contribution is -2.46. The number of hydrogen-bond donors (Lipinski definition) is 4. The second kappa shape index (κ2) is 20.1. The van der Waals surface area contributed by atoms with Crippen LogP contribution in [0.5, 0.6) is 11.5 Å². The van der Waals surface area contributed by atoms with Crippen molar-refractivity contribution < 1.29 is 42.8 Å².